The fourth-order valence-electron chi connectivity index (χ4n) is 4.53. The molecular weight excluding hydrogens is 419 g/mol. The highest BCUT2D eigenvalue weighted by Gasteiger charge is 2.28. The first-order valence-electron chi connectivity index (χ1n) is 11.0. The van der Waals surface area contributed by atoms with Gasteiger partial charge in [-0.2, -0.15) is 0 Å². The van der Waals surface area contributed by atoms with Crippen LogP contribution in [0.2, 0.25) is 5.02 Å². The number of carbonyl (C=O) groups is 1. The minimum absolute atomic E-state index is 0.00525. The molecule has 1 aromatic heterocycles. The van der Waals surface area contributed by atoms with Crippen LogP contribution in [0.15, 0.2) is 30.6 Å². The number of hydrogen-bond donors (Lipinski definition) is 0. The molecule has 0 bridgehead atoms. The third kappa shape index (κ3) is 5.45. The minimum Gasteiger partial charge on any atom is -0.439 e. The van der Waals surface area contributed by atoms with Crippen molar-refractivity contribution >= 4 is 23.3 Å². The van der Waals surface area contributed by atoms with Crippen molar-refractivity contribution in [1.82, 2.24) is 14.9 Å². The maximum atomic E-state index is 13.3. The summed E-state index contributed by atoms with van der Waals surface area (Å²) >= 11 is 5.82. The van der Waals surface area contributed by atoms with Crippen molar-refractivity contribution in [3.05, 3.63) is 41.4 Å². The Hall–Kier alpha value is -2.41. The van der Waals surface area contributed by atoms with Crippen LogP contribution in [0.4, 0.5) is 10.2 Å². The number of hydrogen-bond acceptors (Lipinski definition) is 5. The van der Waals surface area contributed by atoms with E-state index in [9.17, 15) is 9.18 Å². The Bertz CT molecular complexity index is 922. The van der Waals surface area contributed by atoms with Gasteiger partial charge in [0.05, 0.1) is 5.02 Å². The molecular formula is C23H28ClFN4O2. The van der Waals surface area contributed by atoms with Crippen LogP contribution in [0.3, 0.4) is 0 Å². The van der Waals surface area contributed by atoms with Crippen molar-refractivity contribution in [3.63, 3.8) is 0 Å². The average Bonchev–Trinajstić information content (AvgIpc) is 3.28. The molecule has 2 fully saturated rings. The maximum Gasteiger partial charge on any atom is 0.224 e. The lowest BCUT2D eigenvalue weighted by Gasteiger charge is -2.40. The van der Waals surface area contributed by atoms with Crippen LogP contribution in [0.25, 0.3) is 0 Å². The number of rotatable bonds is 6. The predicted molar refractivity (Wildman–Crippen MR) is 118 cm³/mol. The van der Waals surface area contributed by atoms with Crippen LogP contribution in [0, 0.1) is 11.7 Å². The first kappa shape index (κ1) is 21.8. The van der Waals surface area contributed by atoms with Crippen LogP contribution in [-0.2, 0) is 4.79 Å². The van der Waals surface area contributed by atoms with Crippen LogP contribution in [0.1, 0.15) is 45.4 Å². The summed E-state index contributed by atoms with van der Waals surface area (Å²) in [5.41, 5.74) is 0. The molecule has 8 heteroatoms. The zero-order valence-corrected chi connectivity index (χ0v) is 18.5. The molecule has 1 saturated heterocycles. The smallest absolute Gasteiger partial charge is 0.224 e. The van der Waals surface area contributed by atoms with E-state index in [1.54, 1.807) is 6.07 Å². The highest BCUT2D eigenvalue weighted by atomic mass is 35.5. The quantitative estimate of drug-likeness (QED) is 0.620. The molecule has 0 unspecified atom stereocenters. The minimum atomic E-state index is -0.498. The van der Waals surface area contributed by atoms with Crippen molar-refractivity contribution in [2.24, 2.45) is 5.92 Å². The number of anilines is 1. The lowest BCUT2D eigenvalue weighted by Crippen LogP contribution is -2.54. The Balaban J connectivity index is 1.34. The Labute approximate surface area is 187 Å². The summed E-state index contributed by atoms with van der Waals surface area (Å²) in [7, 11) is 0. The molecule has 0 N–H and O–H groups in total. The molecule has 166 valence electrons. The fraction of sp³-hybridized carbons (Fsp3) is 0.522. The second-order valence-corrected chi connectivity index (χ2v) is 8.87. The Morgan fingerprint density at radius 2 is 2.03 bits per heavy atom. The molecule has 1 amide bonds. The first-order valence-corrected chi connectivity index (χ1v) is 11.4. The van der Waals surface area contributed by atoms with E-state index in [0.29, 0.717) is 37.7 Å². The van der Waals surface area contributed by atoms with Gasteiger partial charge in [0.2, 0.25) is 11.8 Å². The average molecular weight is 447 g/mol. The molecule has 1 saturated carbocycles. The van der Waals surface area contributed by atoms with Gasteiger partial charge in [-0.25, -0.2) is 14.4 Å². The van der Waals surface area contributed by atoms with Crippen molar-refractivity contribution in [1.29, 1.82) is 0 Å². The third-order valence-electron chi connectivity index (χ3n) is 6.25. The van der Waals surface area contributed by atoms with Crippen molar-refractivity contribution < 1.29 is 13.9 Å². The molecule has 1 atom stereocenters. The predicted octanol–water partition coefficient (Wildman–Crippen LogP) is 5.07. The SMILES string of the molecule is C[C@H]1CN(c2cc(Oc3ccc(F)c(Cl)c3)ncn2)CCN1C(=O)CCC1CCCC1. The van der Waals surface area contributed by atoms with Gasteiger partial charge in [-0.3, -0.25) is 4.79 Å². The van der Waals surface area contributed by atoms with Gasteiger partial charge in [-0.05, 0) is 31.4 Å². The number of halogens is 2. The fourth-order valence-corrected chi connectivity index (χ4v) is 4.70. The monoisotopic (exact) mass is 446 g/mol. The number of nitrogens with zero attached hydrogens (tertiary/aromatic N) is 4. The third-order valence-corrected chi connectivity index (χ3v) is 6.54. The summed E-state index contributed by atoms with van der Waals surface area (Å²) in [6.07, 6.45) is 8.29. The highest BCUT2D eigenvalue weighted by molar-refractivity contribution is 6.30. The van der Waals surface area contributed by atoms with Crippen LogP contribution in [0.5, 0.6) is 11.6 Å². The largest absolute Gasteiger partial charge is 0.439 e. The normalized spacial score (nSPS) is 19.6. The van der Waals surface area contributed by atoms with E-state index in [1.165, 1.54) is 50.2 Å². The molecule has 0 radical (unpaired) electrons. The van der Waals surface area contributed by atoms with Gasteiger partial charge in [-0.15, -0.1) is 0 Å². The van der Waals surface area contributed by atoms with Crippen LogP contribution >= 0.6 is 11.6 Å². The Morgan fingerprint density at radius 3 is 2.77 bits per heavy atom. The number of carbonyl (C=O) groups excluding carboxylic acids is 1. The van der Waals surface area contributed by atoms with E-state index in [0.717, 1.165) is 18.2 Å². The molecule has 1 aliphatic heterocycles. The molecule has 1 aromatic carbocycles. The van der Waals surface area contributed by atoms with Gasteiger partial charge in [0.1, 0.15) is 23.7 Å². The second-order valence-electron chi connectivity index (χ2n) is 8.46. The van der Waals surface area contributed by atoms with E-state index in [4.69, 9.17) is 16.3 Å². The van der Waals surface area contributed by atoms with Gasteiger partial charge < -0.3 is 14.5 Å². The molecule has 0 spiro atoms. The van der Waals surface area contributed by atoms with Crippen LogP contribution < -0.4 is 9.64 Å². The van der Waals surface area contributed by atoms with Crippen LogP contribution in [-0.4, -0.2) is 46.5 Å². The van der Waals surface area contributed by atoms with Gasteiger partial charge >= 0.3 is 0 Å². The van der Waals surface area contributed by atoms with E-state index < -0.39 is 5.82 Å². The van der Waals surface area contributed by atoms with E-state index >= 15 is 0 Å². The zero-order valence-electron chi connectivity index (χ0n) is 17.8. The molecule has 1 aliphatic carbocycles. The zero-order chi connectivity index (χ0) is 21.8. The van der Waals surface area contributed by atoms with Gasteiger partial charge in [0.25, 0.3) is 0 Å². The van der Waals surface area contributed by atoms with Crippen molar-refractivity contribution in [2.45, 2.75) is 51.5 Å². The van der Waals surface area contributed by atoms with Gasteiger partial charge in [0.15, 0.2) is 0 Å². The van der Waals surface area contributed by atoms with Gasteiger partial charge in [-0.1, -0.05) is 37.3 Å². The summed E-state index contributed by atoms with van der Waals surface area (Å²) in [5.74, 6) is 2.00. The topological polar surface area (TPSA) is 58.6 Å². The summed E-state index contributed by atoms with van der Waals surface area (Å²) in [6, 6.07) is 6.03. The lowest BCUT2D eigenvalue weighted by molar-refractivity contribution is -0.133. The number of piperazine rings is 1. The number of amides is 1. The number of ether oxygens (including phenoxy) is 1. The maximum absolute atomic E-state index is 13.3. The molecule has 2 aromatic rings. The van der Waals surface area contributed by atoms with Gasteiger partial charge in [0, 0.05) is 44.2 Å². The standard InChI is InChI=1S/C23H28ClFN4O2/c1-16-14-28(10-11-29(16)23(30)9-6-17-4-2-3-5-17)21-13-22(27-15-26-21)31-18-7-8-20(25)19(24)12-18/h7-8,12-13,15-17H,2-6,9-11,14H2,1H3/t16-/m0/s1. The molecule has 2 heterocycles. The molecule has 2 aliphatic rings. The highest BCUT2D eigenvalue weighted by Crippen LogP contribution is 2.30. The summed E-state index contributed by atoms with van der Waals surface area (Å²) < 4.78 is 19.1. The summed E-state index contributed by atoms with van der Waals surface area (Å²) in [4.78, 5) is 25.4. The van der Waals surface area contributed by atoms with Crippen molar-refractivity contribution in [2.75, 3.05) is 24.5 Å². The lowest BCUT2D eigenvalue weighted by atomic mass is 10.0. The molecule has 4 rings (SSSR count). The first-order chi connectivity index (χ1) is 15.0. The number of benzene rings is 1. The Morgan fingerprint density at radius 1 is 1.23 bits per heavy atom. The second kappa shape index (κ2) is 9.81. The summed E-state index contributed by atoms with van der Waals surface area (Å²) in [6.45, 7) is 4.17. The molecule has 6 nitrogen and oxygen atoms in total. The van der Waals surface area contributed by atoms with E-state index in [1.807, 2.05) is 4.90 Å². The number of aromatic nitrogens is 2. The summed E-state index contributed by atoms with van der Waals surface area (Å²) in [5, 5.41) is -0.00525. The van der Waals surface area contributed by atoms with E-state index in [2.05, 4.69) is 21.8 Å². The van der Waals surface area contributed by atoms with E-state index in [-0.39, 0.29) is 17.0 Å². The Kier molecular flexibility index (Phi) is 6.90. The molecule has 31 heavy (non-hydrogen) atoms. The van der Waals surface area contributed by atoms with Crippen molar-refractivity contribution in [3.8, 4) is 11.6 Å².